The first-order valence-corrected chi connectivity index (χ1v) is 11.4. The number of rotatable bonds is 0. The second-order valence-electron chi connectivity index (χ2n) is 7.48. The van der Waals surface area contributed by atoms with E-state index in [1.54, 1.807) is 22.5 Å². The van der Waals surface area contributed by atoms with E-state index in [-0.39, 0.29) is 0 Å². The zero-order chi connectivity index (χ0) is 19.7. The lowest BCUT2D eigenvalue weighted by Crippen LogP contribution is -1.98. The molecule has 1 N–H and O–H groups in total. The summed E-state index contributed by atoms with van der Waals surface area (Å²) in [5.41, 5.74) is 8.91. The molecule has 0 radical (unpaired) electrons. The van der Waals surface area contributed by atoms with Gasteiger partial charge in [0.2, 0.25) is 0 Å². The number of anilines is 1. The van der Waals surface area contributed by atoms with Crippen LogP contribution >= 0.6 is 11.3 Å². The molecule has 0 spiro atoms. The molecule has 0 amide bonds. The Balaban J connectivity index is 0.000000107. The van der Waals surface area contributed by atoms with Crippen molar-refractivity contribution in [2.24, 2.45) is 0 Å². The summed E-state index contributed by atoms with van der Waals surface area (Å²) in [6.45, 7) is 1.14. The third-order valence-electron chi connectivity index (χ3n) is 5.45. The molecular formula is C26H28N2S. The van der Waals surface area contributed by atoms with Gasteiger partial charge in [0.15, 0.2) is 0 Å². The second kappa shape index (κ2) is 10.2. The lowest BCUT2D eigenvalue weighted by molar-refractivity contribution is 0.785. The molecule has 1 aromatic heterocycles. The molecule has 29 heavy (non-hydrogen) atoms. The Bertz CT molecular complexity index is 959. The van der Waals surface area contributed by atoms with Crippen LogP contribution in [0, 0.1) is 0 Å². The van der Waals surface area contributed by atoms with Gasteiger partial charge in [-0.05, 0) is 73.4 Å². The molecule has 2 heterocycles. The first-order chi connectivity index (χ1) is 14.4. The number of aryl methyl sites for hydroxylation is 3. The zero-order valence-electron chi connectivity index (χ0n) is 16.8. The van der Waals surface area contributed by atoms with Gasteiger partial charge in [-0.15, -0.1) is 11.3 Å². The van der Waals surface area contributed by atoms with Gasteiger partial charge in [-0.1, -0.05) is 54.6 Å². The van der Waals surface area contributed by atoms with Crippen LogP contribution in [0.5, 0.6) is 0 Å². The maximum atomic E-state index is 4.14. The molecule has 0 saturated heterocycles. The average Bonchev–Trinajstić information content (AvgIpc) is 3.39. The van der Waals surface area contributed by atoms with Crippen molar-refractivity contribution in [2.45, 2.75) is 38.5 Å². The van der Waals surface area contributed by atoms with Crippen molar-refractivity contribution < 1.29 is 0 Å². The maximum absolute atomic E-state index is 4.14. The van der Waals surface area contributed by atoms with Crippen LogP contribution in [0.3, 0.4) is 0 Å². The largest absolute Gasteiger partial charge is 0.385 e. The SMILES string of the molecule is c1ccc2c(c1)CCC2.c1ccc2c(c1)CCCCN2.c1ccc2scnc2c1. The van der Waals surface area contributed by atoms with E-state index < -0.39 is 0 Å². The Labute approximate surface area is 177 Å². The van der Waals surface area contributed by atoms with Crippen LogP contribution < -0.4 is 5.32 Å². The minimum atomic E-state index is 1.10. The van der Waals surface area contributed by atoms with Gasteiger partial charge in [0.05, 0.1) is 15.7 Å². The van der Waals surface area contributed by atoms with Crippen molar-refractivity contribution in [3.8, 4) is 0 Å². The van der Waals surface area contributed by atoms with Gasteiger partial charge in [0.25, 0.3) is 0 Å². The predicted molar refractivity (Wildman–Crippen MR) is 126 cm³/mol. The van der Waals surface area contributed by atoms with Crippen molar-refractivity contribution >= 4 is 27.2 Å². The monoisotopic (exact) mass is 400 g/mol. The van der Waals surface area contributed by atoms with Gasteiger partial charge in [-0.3, -0.25) is 0 Å². The van der Waals surface area contributed by atoms with Gasteiger partial charge < -0.3 is 5.32 Å². The quantitative estimate of drug-likeness (QED) is 0.347. The number of nitrogens with one attached hydrogen (secondary N) is 1. The molecule has 6 rings (SSSR count). The molecule has 0 atom stereocenters. The van der Waals surface area contributed by atoms with Crippen molar-refractivity contribution in [1.29, 1.82) is 0 Å². The number of benzene rings is 3. The van der Waals surface area contributed by atoms with Gasteiger partial charge >= 0.3 is 0 Å². The van der Waals surface area contributed by atoms with Crippen LogP contribution in [0.25, 0.3) is 10.2 Å². The van der Waals surface area contributed by atoms with Crippen LogP contribution in [0.4, 0.5) is 5.69 Å². The summed E-state index contributed by atoms with van der Waals surface area (Å²) in [7, 11) is 0. The first kappa shape index (κ1) is 19.7. The van der Waals surface area contributed by atoms with E-state index in [2.05, 4.69) is 64.9 Å². The summed E-state index contributed by atoms with van der Waals surface area (Å²) in [5.74, 6) is 0. The maximum Gasteiger partial charge on any atom is 0.0812 e. The number of aromatic nitrogens is 1. The number of nitrogens with zero attached hydrogens (tertiary/aromatic N) is 1. The highest BCUT2D eigenvalue weighted by atomic mass is 32.1. The molecule has 4 aromatic rings. The Morgan fingerprint density at radius 2 is 1.31 bits per heavy atom. The van der Waals surface area contributed by atoms with E-state index in [1.807, 2.05) is 23.7 Å². The molecule has 1 aliphatic heterocycles. The van der Waals surface area contributed by atoms with Crippen molar-refractivity contribution in [1.82, 2.24) is 4.98 Å². The number of fused-ring (bicyclic) bond motifs is 3. The standard InChI is InChI=1S/C10H13N.C9H10.C7H5NS/c1-2-7-10-9(5-1)6-3-4-8-11-10;1-2-5-9-7-3-6-8(9)4-1;1-2-4-7-6(3-1)8-5-9-7/h1-2,5,7,11H,3-4,6,8H2;1-2,4-5H,3,6-7H2;1-5H. The zero-order valence-corrected chi connectivity index (χ0v) is 17.6. The van der Waals surface area contributed by atoms with E-state index in [4.69, 9.17) is 0 Å². The predicted octanol–water partition coefficient (Wildman–Crippen LogP) is 6.91. The van der Waals surface area contributed by atoms with Crippen molar-refractivity contribution in [2.75, 3.05) is 11.9 Å². The lowest BCUT2D eigenvalue weighted by atomic mass is 10.1. The third-order valence-corrected chi connectivity index (χ3v) is 6.26. The number of hydrogen-bond donors (Lipinski definition) is 1. The Morgan fingerprint density at radius 3 is 2.10 bits per heavy atom. The van der Waals surface area contributed by atoms with Crippen LogP contribution in [0.1, 0.15) is 36.0 Å². The molecule has 3 aromatic carbocycles. The second-order valence-corrected chi connectivity index (χ2v) is 8.37. The molecule has 0 saturated carbocycles. The van der Waals surface area contributed by atoms with Crippen LogP contribution in [0.2, 0.25) is 0 Å². The number of thiazole rings is 1. The topological polar surface area (TPSA) is 24.9 Å². The van der Waals surface area contributed by atoms with E-state index in [0.717, 1.165) is 12.1 Å². The van der Waals surface area contributed by atoms with Crippen LogP contribution in [0.15, 0.2) is 78.3 Å². The summed E-state index contributed by atoms with van der Waals surface area (Å²) >= 11 is 1.68. The number of hydrogen-bond acceptors (Lipinski definition) is 3. The van der Waals surface area contributed by atoms with E-state index in [1.165, 1.54) is 54.5 Å². The molecule has 0 bridgehead atoms. The van der Waals surface area contributed by atoms with Crippen molar-refractivity contribution in [3.05, 3.63) is 95.0 Å². The Morgan fingerprint density at radius 1 is 0.655 bits per heavy atom. The lowest BCUT2D eigenvalue weighted by Gasteiger charge is -2.04. The van der Waals surface area contributed by atoms with Crippen molar-refractivity contribution in [3.63, 3.8) is 0 Å². The molecule has 3 heteroatoms. The molecule has 2 nitrogen and oxygen atoms in total. The Kier molecular flexibility index (Phi) is 6.93. The number of para-hydroxylation sites is 2. The third kappa shape index (κ3) is 5.45. The molecule has 148 valence electrons. The normalized spacial score (nSPS) is 14.2. The molecule has 1 aliphatic carbocycles. The summed E-state index contributed by atoms with van der Waals surface area (Å²) in [5, 5.41) is 3.43. The molecule has 2 aliphatic rings. The highest BCUT2D eigenvalue weighted by Crippen LogP contribution is 2.21. The molecule has 0 unspecified atom stereocenters. The smallest absolute Gasteiger partial charge is 0.0812 e. The minimum Gasteiger partial charge on any atom is -0.385 e. The van der Waals surface area contributed by atoms with Gasteiger partial charge in [0.1, 0.15) is 0 Å². The van der Waals surface area contributed by atoms with Crippen LogP contribution in [-0.4, -0.2) is 11.5 Å². The highest BCUT2D eigenvalue weighted by Gasteiger charge is 2.07. The van der Waals surface area contributed by atoms with Crippen LogP contribution in [-0.2, 0) is 19.3 Å². The fraction of sp³-hybridized carbons (Fsp3) is 0.269. The Hall–Kier alpha value is -2.65. The van der Waals surface area contributed by atoms with E-state index in [9.17, 15) is 0 Å². The van der Waals surface area contributed by atoms with Gasteiger partial charge in [-0.25, -0.2) is 4.98 Å². The molecular weight excluding hydrogens is 372 g/mol. The van der Waals surface area contributed by atoms with Gasteiger partial charge in [-0.2, -0.15) is 0 Å². The summed E-state index contributed by atoms with van der Waals surface area (Å²) < 4.78 is 1.26. The average molecular weight is 401 g/mol. The summed E-state index contributed by atoms with van der Waals surface area (Å²) in [6.07, 6.45) is 7.83. The minimum absolute atomic E-state index is 1.10. The molecule has 0 fully saturated rings. The summed E-state index contributed by atoms with van der Waals surface area (Å²) in [4.78, 5) is 4.14. The fourth-order valence-electron chi connectivity index (χ4n) is 3.89. The highest BCUT2D eigenvalue weighted by molar-refractivity contribution is 7.16. The van der Waals surface area contributed by atoms with E-state index >= 15 is 0 Å². The summed E-state index contributed by atoms with van der Waals surface area (Å²) in [6, 6.07) is 25.5. The van der Waals surface area contributed by atoms with Gasteiger partial charge in [0, 0.05) is 12.2 Å². The first-order valence-electron chi connectivity index (χ1n) is 10.6. The fourth-order valence-corrected chi connectivity index (χ4v) is 4.57. The van der Waals surface area contributed by atoms with E-state index in [0.29, 0.717) is 0 Å².